The highest BCUT2D eigenvalue weighted by Crippen LogP contribution is 2.33. The Hall–Kier alpha value is -3.38. The van der Waals surface area contributed by atoms with Gasteiger partial charge in [-0.2, -0.15) is 0 Å². The van der Waals surface area contributed by atoms with E-state index < -0.39 is 0 Å². The highest BCUT2D eigenvalue weighted by Gasteiger charge is 2.39. The molecular formula is C28H31N5O. The minimum absolute atomic E-state index is 0.0158. The summed E-state index contributed by atoms with van der Waals surface area (Å²) in [5.41, 5.74) is 8.50. The van der Waals surface area contributed by atoms with Gasteiger partial charge in [0.15, 0.2) is 0 Å². The third-order valence-corrected chi connectivity index (χ3v) is 7.27. The highest BCUT2D eigenvalue weighted by molar-refractivity contribution is 6.15. The van der Waals surface area contributed by atoms with Gasteiger partial charge in [0.25, 0.3) is 0 Å². The third-order valence-electron chi connectivity index (χ3n) is 7.27. The molecule has 0 aliphatic carbocycles. The average molecular weight is 454 g/mol. The van der Waals surface area contributed by atoms with Gasteiger partial charge in [0.1, 0.15) is 0 Å². The van der Waals surface area contributed by atoms with Crippen molar-refractivity contribution in [2.24, 2.45) is 4.99 Å². The summed E-state index contributed by atoms with van der Waals surface area (Å²) in [6.07, 6.45) is 3.94. The van der Waals surface area contributed by atoms with Crippen molar-refractivity contribution in [3.63, 3.8) is 0 Å². The van der Waals surface area contributed by atoms with Gasteiger partial charge in [0.05, 0.1) is 30.4 Å². The molecule has 3 atom stereocenters. The number of fused-ring (bicyclic) bond motifs is 1. The number of carbonyl (C=O) groups excluding carboxylic acids is 1. The highest BCUT2D eigenvalue weighted by atomic mass is 16.1. The van der Waals surface area contributed by atoms with E-state index in [1.165, 1.54) is 11.1 Å². The van der Waals surface area contributed by atoms with Gasteiger partial charge in [-0.1, -0.05) is 24.3 Å². The number of likely N-dealkylation sites (N-methyl/N-ethyl adjacent to an activating group) is 1. The van der Waals surface area contributed by atoms with E-state index in [4.69, 9.17) is 4.99 Å². The molecule has 0 saturated carbocycles. The number of benzene rings is 1. The van der Waals surface area contributed by atoms with Gasteiger partial charge in [0.2, 0.25) is 5.91 Å². The molecular weight excluding hydrogens is 422 g/mol. The summed E-state index contributed by atoms with van der Waals surface area (Å²) in [4.78, 5) is 29.1. The molecule has 5 rings (SSSR count). The number of aliphatic imine (C=N–C) groups is 1. The van der Waals surface area contributed by atoms with Gasteiger partial charge >= 0.3 is 0 Å². The van der Waals surface area contributed by atoms with Crippen LogP contribution in [0.2, 0.25) is 0 Å². The van der Waals surface area contributed by atoms with Gasteiger partial charge in [-0.25, -0.2) is 0 Å². The molecule has 1 fully saturated rings. The van der Waals surface area contributed by atoms with Crippen molar-refractivity contribution in [2.75, 3.05) is 13.6 Å². The molecule has 0 unspecified atom stereocenters. The predicted molar refractivity (Wildman–Crippen MR) is 134 cm³/mol. The zero-order valence-electron chi connectivity index (χ0n) is 20.2. The van der Waals surface area contributed by atoms with Crippen molar-refractivity contribution in [2.45, 2.75) is 51.7 Å². The molecule has 0 radical (unpaired) electrons. The summed E-state index contributed by atoms with van der Waals surface area (Å²) in [5, 5.41) is 3.34. The van der Waals surface area contributed by atoms with E-state index in [1.54, 1.807) is 0 Å². The molecule has 1 amide bonds. The average Bonchev–Trinajstić information content (AvgIpc) is 3.35. The lowest BCUT2D eigenvalue weighted by atomic mass is 9.88. The van der Waals surface area contributed by atoms with E-state index in [9.17, 15) is 4.79 Å². The van der Waals surface area contributed by atoms with E-state index >= 15 is 0 Å². The van der Waals surface area contributed by atoms with Crippen molar-refractivity contribution in [1.29, 1.82) is 0 Å². The Morgan fingerprint density at radius 3 is 2.76 bits per heavy atom. The molecule has 2 aliphatic rings. The third kappa shape index (κ3) is 4.26. The number of hydrogen-bond donors (Lipinski definition) is 1. The van der Waals surface area contributed by atoms with Crippen LogP contribution < -0.4 is 5.32 Å². The Balaban J connectivity index is 1.30. The predicted octanol–water partition coefficient (Wildman–Crippen LogP) is 3.59. The second-order valence-electron chi connectivity index (χ2n) is 9.60. The number of rotatable bonds is 5. The standard InChI is InChI=1S/C28H31N5O/c1-17-7-5-6-8-23(17)25-16-33(4)19(3)27(25)32-26(34)13-22-12-21-14-31-28(24(21)15-30-22)20-9-10-29-18(2)11-20/h5-12,15,19,25,27H,13-14,16H2,1-4H3,(H,32,34)/t19-,25-,27+/m0/s1. The Morgan fingerprint density at radius 1 is 1.15 bits per heavy atom. The fourth-order valence-electron chi connectivity index (χ4n) is 5.29. The van der Waals surface area contributed by atoms with Crippen molar-refractivity contribution < 1.29 is 4.79 Å². The first-order valence-corrected chi connectivity index (χ1v) is 11.9. The second kappa shape index (κ2) is 9.11. The number of nitrogens with zero attached hydrogens (tertiary/aromatic N) is 4. The number of hydrogen-bond acceptors (Lipinski definition) is 5. The van der Waals surface area contributed by atoms with Crippen LogP contribution in [-0.4, -0.2) is 52.2 Å². The van der Waals surface area contributed by atoms with Crippen LogP contribution in [0.25, 0.3) is 0 Å². The Morgan fingerprint density at radius 2 is 1.97 bits per heavy atom. The van der Waals surface area contributed by atoms with Crippen LogP contribution in [0.5, 0.6) is 0 Å². The van der Waals surface area contributed by atoms with E-state index in [0.29, 0.717) is 6.54 Å². The van der Waals surface area contributed by atoms with Gasteiger partial charge in [-0.05, 0) is 62.7 Å². The minimum atomic E-state index is 0.0158. The summed E-state index contributed by atoms with van der Waals surface area (Å²) in [6, 6.07) is 14.9. The Bertz CT molecular complexity index is 1270. The first-order chi connectivity index (χ1) is 16.4. The lowest BCUT2D eigenvalue weighted by Crippen LogP contribution is -2.45. The minimum Gasteiger partial charge on any atom is -0.351 e. The largest absolute Gasteiger partial charge is 0.351 e. The van der Waals surface area contributed by atoms with Crippen LogP contribution in [0.1, 0.15) is 52.0 Å². The van der Waals surface area contributed by atoms with Gasteiger partial charge < -0.3 is 10.2 Å². The number of amides is 1. The van der Waals surface area contributed by atoms with Crippen molar-refractivity contribution in [3.8, 4) is 0 Å². The summed E-state index contributed by atoms with van der Waals surface area (Å²) in [6.45, 7) is 7.87. The normalized spacial score (nSPS) is 21.9. The zero-order valence-corrected chi connectivity index (χ0v) is 20.2. The monoisotopic (exact) mass is 453 g/mol. The molecule has 0 bridgehead atoms. The number of aryl methyl sites for hydroxylation is 2. The smallest absolute Gasteiger partial charge is 0.226 e. The maximum absolute atomic E-state index is 13.1. The van der Waals surface area contributed by atoms with Gasteiger partial charge in [0, 0.05) is 47.7 Å². The van der Waals surface area contributed by atoms with E-state index in [-0.39, 0.29) is 30.3 Å². The maximum Gasteiger partial charge on any atom is 0.226 e. The van der Waals surface area contributed by atoms with Crippen LogP contribution in [0.4, 0.5) is 0 Å². The molecule has 1 saturated heterocycles. The first-order valence-electron chi connectivity index (χ1n) is 11.9. The van der Waals surface area contributed by atoms with Crippen LogP contribution in [0.15, 0.2) is 59.9 Å². The molecule has 2 aromatic heterocycles. The van der Waals surface area contributed by atoms with Crippen LogP contribution in [0.3, 0.4) is 0 Å². The van der Waals surface area contributed by atoms with Crippen molar-refractivity contribution >= 4 is 11.6 Å². The van der Waals surface area contributed by atoms with Crippen LogP contribution >= 0.6 is 0 Å². The Labute approximate surface area is 201 Å². The van der Waals surface area contributed by atoms with Gasteiger partial charge in [-0.3, -0.25) is 19.8 Å². The fraction of sp³-hybridized carbons (Fsp3) is 0.357. The number of carbonyl (C=O) groups is 1. The molecule has 3 aromatic rings. The number of likely N-dealkylation sites (tertiary alicyclic amines) is 1. The van der Waals surface area contributed by atoms with Crippen molar-refractivity contribution in [3.05, 3.63) is 94.1 Å². The molecule has 174 valence electrons. The Kier molecular flexibility index (Phi) is 6.00. The number of pyridine rings is 2. The molecule has 2 aliphatic heterocycles. The van der Waals surface area contributed by atoms with E-state index in [1.807, 2.05) is 37.5 Å². The van der Waals surface area contributed by atoms with E-state index in [0.717, 1.165) is 40.3 Å². The summed E-state index contributed by atoms with van der Waals surface area (Å²) in [7, 11) is 2.13. The van der Waals surface area contributed by atoms with Gasteiger partial charge in [-0.15, -0.1) is 0 Å². The van der Waals surface area contributed by atoms with Crippen molar-refractivity contribution in [1.82, 2.24) is 20.2 Å². The maximum atomic E-state index is 13.1. The molecule has 1 N–H and O–H groups in total. The molecule has 6 heteroatoms. The summed E-state index contributed by atoms with van der Waals surface area (Å²) < 4.78 is 0. The molecule has 34 heavy (non-hydrogen) atoms. The molecule has 0 spiro atoms. The van der Waals surface area contributed by atoms with Crippen LogP contribution in [-0.2, 0) is 17.8 Å². The second-order valence-corrected chi connectivity index (χ2v) is 9.60. The fourth-order valence-corrected chi connectivity index (χ4v) is 5.29. The lowest BCUT2D eigenvalue weighted by Gasteiger charge is -2.25. The summed E-state index contributed by atoms with van der Waals surface area (Å²) in [5.74, 6) is 0.292. The van der Waals surface area contributed by atoms with Crippen LogP contribution in [0, 0.1) is 13.8 Å². The molecule has 1 aromatic carbocycles. The zero-order chi connectivity index (χ0) is 23.8. The number of aromatic nitrogens is 2. The topological polar surface area (TPSA) is 70.5 Å². The molecule has 4 heterocycles. The first kappa shape index (κ1) is 22.4. The molecule has 6 nitrogen and oxygen atoms in total. The SMILES string of the molecule is Cc1cc(C2=NCc3cc(CC(=O)N[C@H]4[C@H](c5ccccc5C)CN(C)[C@H]4C)ncc32)ccn1. The lowest BCUT2D eigenvalue weighted by molar-refractivity contribution is -0.121. The quantitative estimate of drug-likeness (QED) is 0.641. The number of nitrogens with one attached hydrogen (secondary N) is 1. The van der Waals surface area contributed by atoms with E-state index in [2.05, 4.69) is 65.3 Å². The summed E-state index contributed by atoms with van der Waals surface area (Å²) >= 11 is 0.